The number of hydrogen-bond acceptors (Lipinski definition) is 4. The molecule has 1 atom stereocenters. The molecular formula is C11H12O4. The minimum absolute atomic E-state index is 0.248. The van der Waals surface area contributed by atoms with Gasteiger partial charge in [-0.05, 0) is 24.3 Å². The average Bonchev–Trinajstić information content (AvgIpc) is 2.99. The van der Waals surface area contributed by atoms with Gasteiger partial charge in [0.2, 0.25) is 0 Å². The Kier molecular flexibility index (Phi) is 2.87. The number of epoxide rings is 1. The lowest BCUT2D eigenvalue weighted by molar-refractivity contribution is -0.131. The monoisotopic (exact) mass is 208 g/mol. The first-order valence-electron chi connectivity index (χ1n) is 4.77. The largest absolute Gasteiger partial charge is 0.491 e. The Morgan fingerprint density at radius 1 is 1.40 bits per heavy atom. The van der Waals surface area contributed by atoms with Gasteiger partial charge < -0.3 is 14.2 Å². The Morgan fingerprint density at radius 2 is 2.00 bits per heavy atom. The van der Waals surface area contributed by atoms with E-state index in [0.29, 0.717) is 12.4 Å². The maximum Gasteiger partial charge on any atom is 0.308 e. The summed E-state index contributed by atoms with van der Waals surface area (Å²) in [5, 5.41) is 0. The van der Waals surface area contributed by atoms with Crippen molar-refractivity contribution in [2.45, 2.75) is 13.0 Å². The summed E-state index contributed by atoms with van der Waals surface area (Å²) in [5.41, 5.74) is 0. The molecule has 1 fully saturated rings. The molecule has 0 radical (unpaired) electrons. The van der Waals surface area contributed by atoms with Gasteiger partial charge in [0.15, 0.2) is 0 Å². The van der Waals surface area contributed by atoms with E-state index in [4.69, 9.17) is 14.2 Å². The highest BCUT2D eigenvalue weighted by Crippen LogP contribution is 2.19. The van der Waals surface area contributed by atoms with Crippen LogP contribution in [0.15, 0.2) is 24.3 Å². The van der Waals surface area contributed by atoms with E-state index in [-0.39, 0.29) is 12.1 Å². The van der Waals surface area contributed by atoms with Crippen molar-refractivity contribution in [2.75, 3.05) is 13.2 Å². The molecule has 0 N–H and O–H groups in total. The standard InChI is InChI=1S/C11H12O4/c1-8(12)15-10-4-2-9(3-5-10)13-6-11-7-14-11/h2-5,11H,6-7H2,1H3. The third-order valence-electron chi connectivity index (χ3n) is 1.92. The molecule has 1 unspecified atom stereocenters. The number of esters is 1. The fraction of sp³-hybridized carbons (Fsp3) is 0.364. The Bertz CT molecular complexity index is 340. The maximum atomic E-state index is 10.7. The number of ether oxygens (including phenoxy) is 3. The van der Waals surface area contributed by atoms with Crippen molar-refractivity contribution in [1.29, 1.82) is 0 Å². The number of carbonyl (C=O) groups excluding carboxylic acids is 1. The predicted molar refractivity (Wildman–Crippen MR) is 53.0 cm³/mol. The van der Waals surface area contributed by atoms with E-state index >= 15 is 0 Å². The third-order valence-corrected chi connectivity index (χ3v) is 1.92. The van der Waals surface area contributed by atoms with E-state index < -0.39 is 0 Å². The lowest BCUT2D eigenvalue weighted by Crippen LogP contribution is -2.04. The fourth-order valence-corrected chi connectivity index (χ4v) is 1.12. The van der Waals surface area contributed by atoms with Gasteiger partial charge in [-0.25, -0.2) is 0 Å². The molecule has 0 spiro atoms. The summed E-state index contributed by atoms with van der Waals surface area (Å²) in [6.45, 7) is 2.73. The van der Waals surface area contributed by atoms with Crippen molar-refractivity contribution in [3.8, 4) is 11.5 Å². The number of benzene rings is 1. The van der Waals surface area contributed by atoms with Crippen LogP contribution in [0.1, 0.15) is 6.92 Å². The van der Waals surface area contributed by atoms with Gasteiger partial charge in [0.1, 0.15) is 24.2 Å². The molecule has 1 aliphatic rings. The van der Waals surface area contributed by atoms with Crippen molar-refractivity contribution in [3.05, 3.63) is 24.3 Å². The molecule has 0 aliphatic carbocycles. The molecule has 1 aromatic rings. The van der Waals surface area contributed by atoms with Crippen molar-refractivity contribution in [3.63, 3.8) is 0 Å². The number of carbonyl (C=O) groups is 1. The predicted octanol–water partition coefficient (Wildman–Crippen LogP) is 1.39. The second-order valence-electron chi connectivity index (χ2n) is 3.33. The molecule has 80 valence electrons. The summed E-state index contributed by atoms with van der Waals surface area (Å²) in [4.78, 5) is 10.7. The van der Waals surface area contributed by atoms with Crippen LogP contribution in [0.25, 0.3) is 0 Å². The lowest BCUT2D eigenvalue weighted by atomic mass is 10.3. The van der Waals surface area contributed by atoms with Crippen LogP contribution in [0.3, 0.4) is 0 Å². The smallest absolute Gasteiger partial charge is 0.308 e. The van der Waals surface area contributed by atoms with Crippen LogP contribution in [0.2, 0.25) is 0 Å². The van der Waals surface area contributed by atoms with Crippen LogP contribution in [0.4, 0.5) is 0 Å². The van der Waals surface area contributed by atoms with Gasteiger partial charge in [-0.2, -0.15) is 0 Å². The fourth-order valence-electron chi connectivity index (χ4n) is 1.12. The zero-order valence-electron chi connectivity index (χ0n) is 8.43. The zero-order valence-corrected chi connectivity index (χ0v) is 8.43. The minimum Gasteiger partial charge on any atom is -0.491 e. The van der Waals surface area contributed by atoms with Crippen molar-refractivity contribution < 1.29 is 19.0 Å². The molecule has 15 heavy (non-hydrogen) atoms. The Hall–Kier alpha value is -1.55. The van der Waals surface area contributed by atoms with Crippen molar-refractivity contribution >= 4 is 5.97 Å². The van der Waals surface area contributed by atoms with E-state index in [1.165, 1.54) is 6.92 Å². The lowest BCUT2D eigenvalue weighted by Gasteiger charge is -2.05. The molecule has 0 saturated carbocycles. The summed E-state index contributed by atoms with van der Waals surface area (Å²) in [6, 6.07) is 6.93. The number of hydrogen-bond donors (Lipinski definition) is 0. The average molecular weight is 208 g/mol. The van der Waals surface area contributed by atoms with Crippen LogP contribution in [-0.4, -0.2) is 25.3 Å². The van der Waals surface area contributed by atoms with Crippen LogP contribution in [0.5, 0.6) is 11.5 Å². The van der Waals surface area contributed by atoms with Gasteiger partial charge >= 0.3 is 5.97 Å². The topological polar surface area (TPSA) is 48.1 Å². The molecule has 2 rings (SSSR count). The third kappa shape index (κ3) is 3.25. The van der Waals surface area contributed by atoms with Crippen LogP contribution in [0, 0.1) is 0 Å². The summed E-state index contributed by atoms with van der Waals surface area (Å²) in [5.74, 6) is 0.953. The molecule has 4 nitrogen and oxygen atoms in total. The van der Waals surface area contributed by atoms with E-state index in [1.54, 1.807) is 24.3 Å². The summed E-state index contributed by atoms with van der Waals surface area (Å²) >= 11 is 0. The molecule has 1 aromatic carbocycles. The van der Waals surface area contributed by atoms with Crippen molar-refractivity contribution in [2.24, 2.45) is 0 Å². The van der Waals surface area contributed by atoms with E-state index in [2.05, 4.69) is 0 Å². The highest BCUT2D eigenvalue weighted by molar-refractivity contribution is 5.69. The normalized spacial score (nSPS) is 18.3. The van der Waals surface area contributed by atoms with Gasteiger partial charge in [-0.15, -0.1) is 0 Å². The maximum absolute atomic E-state index is 10.7. The van der Waals surface area contributed by atoms with Gasteiger partial charge in [-0.1, -0.05) is 0 Å². The van der Waals surface area contributed by atoms with Gasteiger partial charge in [0.05, 0.1) is 6.61 Å². The zero-order chi connectivity index (χ0) is 10.7. The molecular weight excluding hydrogens is 196 g/mol. The minimum atomic E-state index is -0.324. The summed E-state index contributed by atoms with van der Waals surface area (Å²) in [6.07, 6.45) is 0.248. The first-order chi connectivity index (χ1) is 7.24. The van der Waals surface area contributed by atoms with Gasteiger partial charge in [0.25, 0.3) is 0 Å². The SMILES string of the molecule is CC(=O)Oc1ccc(OCC2CO2)cc1. The van der Waals surface area contributed by atoms with Crippen LogP contribution < -0.4 is 9.47 Å². The molecule has 0 amide bonds. The molecule has 1 saturated heterocycles. The van der Waals surface area contributed by atoms with Crippen molar-refractivity contribution in [1.82, 2.24) is 0 Å². The molecule has 1 heterocycles. The number of rotatable bonds is 4. The molecule has 0 bridgehead atoms. The Balaban J connectivity index is 1.87. The van der Waals surface area contributed by atoms with E-state index in [9.17, 15) is 4.79 Å². The van der Waals surface area contributed by atoms with E-state index in [1.807, 2.05) is 0 Å². The second kappa shape index (κ2) is 4.31. The van der Waals surface area contributed by atoms with Crippen LogP contribution >= 0.6 is 0 Å². The second-order valence-corrected chi connectivity index (χ2v) is 3.33. The first kappa shape index (κ1) is 9.98. The van der Waals surface area contributed by atoms with E-state index in [0.717, 1.165) is 12.4 Å². The molecule has 0 aromatic heterocycles. The quantitative estimate of drug-likeness (QED) is 0.426. The highest BCUT2D eigenvalue weighted by atomic mass is 16.6. The molecule has 1 aliphatic heterocycles. The van der Waals surface area contributed by atoms with Crippen LogP contribution in [-0.2, 0) is 9.53 Å². The first-order valence-corrected chi connectivity index (χ1v) is 4.77. The molecule has 4 heteroatoms. The summed E-state index contributed by atoms with van der Waals surface area (Å²) in [7, 11) is 0. The van der Waals surface area contributed by atoms with Gasteiger partial charge in [0, 0.05) is 6.92 Å². The van der Waals surface area contributed by atoms with Gasteiger partial charge in [-0.3, -0.25) is 4.79 Å². The Morgan fingerprint density at radius 3 is 2.53 bits per heavy atom. The Labute approximate surface area is 87.8 Å². The highest BCUT2D eigenvalue weighted by Gasteiger charge is 2.22. The summed E-state index contributed by atoms with van der Waals surface area (Å²) < 4.78 is 15.3.